The van der Waals surface area contributed by atoms with Gasteiger partial charge < -0.3 is 14.7 Å². The van der Waals surface area contributed by atoms with Crippen LogP contribution in [0.5, 0.6) is 0 Å². The fourth-order valence-corrected chi connectivity index (χ4v) is 2.86. The predicted octanol–water partition coefficient (Wildman–Crippen LogP) is 2.72. The Bertz CT molecular complexity index is 475. The Kier molecular flexibility index (Phi) is 5.84. The molecule has 1 aromatic carbocycles. The van der Waals surface area contributed by atoms with Gasteiger partial charge in [0.15, 0.2) is 0 Å². The summed E-state index contributed by atoms with van der Waals surface area (Å²) >= 11 is 9.33. The van der Waals surface area contributed by atoms with Crippen molar-refractivity contribution < 1.29 is 14.6 Å². The second-order valence-electron chi connectivity index (χ2n) is 4.71. The van der Waals surface area contributed by atoms with Gasteiger partial charge in [0, 0.05) is 22.6 Å². The van der Waals surface area contributed by atoms with Crippen molar-refractivity contribution in [3.63, 3.8) is 0 Å². The molecule has 0 saturated carbocycles. The lowest BCUT2D eigenvalue weighted by Gasteiger charge is -2.32. The van der Waals surface area contributed by atoms with Gasteiger partial charge in [-0.05, 0) is 47.0 Å². The standard InChI is InChI=1S/C14H17BrClNO3/c15-13-2-1-10(16)9-12(13)14(19)17-5-3-11(4-6-17)20-8-7-18/h1-2,9,11,18H,3-8H2. The summed E-state index contributed by atoms with van der Waals surface area (Å²) in [6.07, 6.45) is 1.72. The molecule has 2 rings (SSSR count). The lowest BCUT2D eigenvalue weighted by Crippen LogP contribution is -2.41. The Hall–Kier alpha value is -0.620. The molecule has 20 heavy (non-hydrogen) atoms. The number of rotatable bonds is 4. The number of piperidine rings is 1. The third-order valence-corrected chi connectivity index (χ3v) is 4.26. The van der Waals surface area contributed by atoms with Crippen LogP contribution in [0.4, 0.5) is 0 Å². The van der Waals surface area contributed by atoms with Crippen LogP contribution in [0.2, 0.25) is 5.02 Å². The SMILES string of the molecule is O=C(c1cc(Cl)ccc1Br)N1CCC(OCCO)CC1. The van der Waals surface area contributed by atoms with Crippen LogP contribution in [0.3, 0.4) is 0 Å². The summed E-state index contributed by atoms with van der Waals surface area (Å²) in [6.45, 7) is 1.72. The normalized spacial score (nSPS) is 16.4. The number of ether oxygens (including phenoxy) is 1. The number of carbonyl (C=O) groups is 1. The molecule has 1 N–H and O–H groups in total. The maximum Gasteiger partial charge on any atom is 0.255 e. The second-order valence-corrected chi connectivity index (χ2v) is 6.00. The lowest BCUT2D eigenvalue weighted by molar-refractivity contribution is -0.00555. The maximum atomic E-state index is 12.4. The molecule has 0 unspecified atom stereocenters. The van der Waals surface area contributed by atoms with E-state index in [4.69, 9.17) is 21.4 Å². The zero-order valence-corrected chi connectivity index (χ0v) is 13.4. The fourth-order valence-electron chi connectivity index (χ4n) is 2.28. The molecule has 0 radical (unpaired) electrons. The van der Waals surface area contributed by atoms with Crippen LogP contribution >= 0.6 is 27.5 Å². The molecule has 0 aromatic heterocycles. The Balaban J connectivity index is 1.96. The van der Waals surface area contributed by atoms with E-state index in [2.05, 4.69) is 15.9 Å². The molecule has 0 atom stereocenters. The van der Waals surface area contributed by atoms with Gasteiger partial charge in [-0.1, -0.05) is 11.6 Å². The molecule has 1 aliphatic heterocycles. The highest BCUT2D eigenvalue weighted by Crippen LogP contribution is 2.24. The van der Waals surface area contributed by atoms with E-state index < -0.39 is 0 Å². The van der Waals surface area contributed by atoms with E-state index in [1.54, 1.807) is 18.2 Å². The highest BCUT2D eigenvalue weighted by Gasteiger charge is 2.25. The Labute approximate surface area is 131 Å². The lowest BCUT2D eigenvalue weighted by atomic mass is 10.1. The molecule has 1 fully saturated rings. The predicted molar refractivity (Wildman–Crippen MR) is 81.1 cm³/mol. The molecule has 1 amide bonds. The highest BCUT2D eigenvalue weighted by atomic mass is 79.9. The van der Waals surface area contributed by atoms with E-state index in [0.717, 1.165) is 17.3 Å². The Morgan fingerprint density at radius 3 is 2.80 bits per heavy atom. The van der Waals surface area contributed by atoms with Crippen molar-refractivity contribution in [2.75, 3.05) is 26.3 Å². The number of hydrogen-bond donors (Lipinski definition) is 1. The van der Waals surface area contributed by atoms with Crippen molar-refractivity contribution in [1.82, 2.24) is 4.90 Å². The fraction of sp³-hybridized carbons (Fsp3) is 0.500. The molecule has 0 bridgehead atoms. The van der Waals surface area contributed by atoms with E-state index in [-0.39, 0.29) is 18.6 Å². The average Bonchev–Trinajstić information content (AvgIpc) is 2.47. The van der Waals surface area contributed by atoms with Crippen LogP contribution in [0, 0.1) is 0 Å². The molecule has 0 spiro atoms. The van der Waals surface area contributed by atoms with Gasteiger partial charge in [0.25, 0.3) is 5.91 Å². The number of carbonyl (C=O) groups excluding carboxylic acids is 1. The molecule has 110 valence electrons. The maximum absolute atomic E-state index is 12.4. The van der Waals surface area contributed by atoms with Crippen LogP contribution in [0.25, 0.3) is 0 Å². The smallest absolute Gasteiger partial charge is 0.255 e. The van der Waals surface area contributed by atoms with Crippen molar-refractivity contribution in [3.8, 4) is 0 Å². The molecule has 1 aromatic rings. The first-order chi connectivity index (χ1) is 9.61. The van der Waals surface area contributed by atoms with E-state index in [1.165, 1.54) is 0 Å². The number of aliphatic hydroxyl groups is 1. The number of benzene rings is 1. The highest BCUT2D eigenvalue weighted by molar-refractivity contribution is 9.10. The van der Waals surface area contributed by atoms with Crippen molar-refractivity contribution in [3.05, 3.63) is 33.3 Å². The largest absolute Gasteiger partial charge is 0.394 e. The van der Waals surface area contributed by atoms with Crippen molar-refractivity contribution >= 4 is 33.4 Å². The van der Waals surface area contributed by atoms with Gasteiger partial charge in [0.2, 0.25) is 0 Å². The number of nitrogens with zero attached hydrogens (tertiary/aromatic N) is 1. The molecule has 6 heteroatoms. The van der Waals surface area contributed by atoms with Gasteiger partial charge in [0.05, 0.1) is 24.9 Å². The average molecular weight is 363 g/mol. The minimum Gasteiger partial charge on any atom is -0.394 e. The molecule has 0 aliphatic carbocycles. The van der Waals surface area contributed by atoms with Crippen LogP contribution in [-0.4, -0.2) is 48.3 Å². The van der Waals surface area contributed by atoms with Gasteiger partial charge in [-0.15, -0.1) is 0 Å². The number of amides is 1. The summed E-state index contributed by atoms with van der Waals surface area (Å²) in [6, 6.07) is 5.21. The van der Waals surface area contributed by atoms with Crippen molar-refractivity contribution in [2.45, 2.75) is 18.9 Å². The zero-order chi connectivity index (χ0) is 14.5. The van der Waals surface area contributed by atoms with Crippen LogP contribution in [0.15, 0.2) is 22.7 Å². The third-order valence-electron chi connectivity index (χ3n) is 3.33. The number of hydrogen-bond acceptors (Lipinski definition) is 3. The van der Waals surface area contributed by atoms with Crippen LogP contribution in [0.1, 0.15) is 23.2 Å². The second kappa shape index (κ2) is 7.41. The van der Waals surface area contributed by atoms with Gasteiger partial charge in [0.1, 0.15) is 0 Å². The third kappa shape index (κ3) is 3.95. The van der Waals surface area contributed by atoms with Crippen molar-refractivity contribution in [2.24, 2.45) is 0 Å². The Morgan fingerprint density at radius 2 is 2.15 bits per heavy atom. The van der Waals surface area contributed by atoms with Gasteiger partial charge in [-0.3, -0.25) is 4.79 Å². The summed E-state index contributed by atoms with van der Waals surface area (Å²) < 4.78 is 6.25. The minimum absolute atomic E-state index is 0.0139. The first-order valence-electron chi connectivity index (χ1n) is 6.58. The van der Waals surface area contributed by atoms with E-state index >= 15 is 0 Å². The summed E-state index contributed by atoms with van der Waals surface area (Å²) in [5.74, 6) is -0.0139. The van der Waals surface area contributed by atoms with Gasteiger partial charge in [-0.25, -0.2) is 0 Å². The monoisotopic (exact) mass is 361 g/mol. The van der Waals surface area contributed by atoms with Gasteiger partial charge >= 0.3 is 0 Å². The van der Waals surface area contributed by atoms with E-state index in [1.807, 2.05) is 4.90 Å². The molecular weight excluding hydrogens is 346 g/mol. The van der Waals surface area contributed by atoms with Crippen molar-refractivity contribution in [1.29, 1.82) is 0 Å². The summed E-state index contributed by atoms with van der Waals surface area (Å²) in [4.78, 5) is 14.3. The summed E-state index contributed by atoms with van der Waals surface area (Å²) in [7, 11) is 0. The Morgan fingerprint density at radius 1 is 1.45 bits per heavy atom. The molecule has 4 nitrogen and oxygen atoms in total. The molecule has 1 saturated heterocycles. The van der Waals surface area contributed by atoms with Crippen LogP contribution < -0.4 is 0 Å². The summed E-state index contributed by atoms with van der Waals surface area (Å²) in [5.41, 5.74) is 0.590. The van der Waals surface area contributed by atoms with Gasteiger partial charge in [-0.2, -0.15) is 0 Å². The first-order valence-corrected chi connectivity index (χ1v) is 7.75. The number of likely N-dealkylation sites (tertiary alicyclic amines) is 1. The number of halogens is 2. The topological polar surface area (TPSA) is 49.8 Å². The molecular formula is C14H17BrClNO3. The molecule has 1 heterocycles. The quantitative estimate of drug-likeness (QED) is 0.896. The summed E-state index contributed by atoms with van der Waals surface area (Å²) in [5, 5.41) is 9.29. The first kappa shape index (κ1) is 15.8. The van der Waals surface area contributed by atoms with E-state index in [0.29, 0.717) is 30.3 Å². The number of aliphatic hydroxyl groups excluding tert-OH is 1. The minimum atomic E-state index is -0.0139. The zero-order valence-electron chi connectivity index (χ0n) is 11.0. The van der Waals surface area contributed by atoms with Crippen LogP contribution in [-0.2, 0) is 4.74 Å². The van der Waals surface area contributed by atoms with E-state index in [9.17, 15) is 4.79 Å². The molecule has 1 aliphatic rings.